The topological polar surface area (TPSA) is 101 Å². The fourth-order valence-electron chi connectivity index (χ4n) is 2.49. The molecule has 3 rings (SSSR count). The molecule has 1 aliphatic heterocycles. The van der Waals surface area contributed by atoms with Crippen LogP contribution in [0.2, 0.25) is 0 Å². The first kappa shape index (κ1) is 16.3. The molecule has 8 heteroatoms. The lowest BCUT2D eigenvalue weighted by Gasteiger charge is -2.08. The number of aromatic nitrogens is 1. The molecule has 1 aromatic heterocycles. The van der Waals surface area contributed by atoms with E-state index in [-0.39, 0.29) is 5.70 Å². The molecule has 1 fully saturated rings. The molecule has 2 aromatic rings. The zero-order valence-electron chi connectivity index (χ0n) is 13.3. The molecule has 1 aromatic carbocycles. The molecule has 2 N–H and O–H groups in total. The zero-order chi connectivity index (χ0) is 18.0. The molecule has 1 saturated heterocycles. The maximum Gasteiger partial charge on any atom is 0.329 e. The molecule has 0 spiro atoms. The van der Waals surface area contributed by atoms with Crippen LogP contribution >= 0.6 is 0 Å². The summed E-state index contributed by atoms with van der Waals surface area (Å²) in [5, 5.41) is 11.2. The third-order valence-electron chi connectivity index (χ3n) is 3.68. The minimum Gasteiger partial charge on any atom is -0.497 e. The fraction of sp³-hybridized carbons (Fsp3) is 0.118. The number of benzene rings is 1. The highest BCUT2D eigenvalue weighted by Crippen LogP contribution is 2.20. The van der Waals surface area contributed by atoms with E-state index in [1.165, 1.54) is 6.08 Å². The molecule has 0 bridgehead atoms. The van der Waals surface area contributed by atoms with Crippen molar-refractivity contribution in [1.29, 1.82) is 0 Å². The normalized spacial score (nSPS) is 15.6. The van der Waals surface area contributed by atoms with Crippen LogP contribution in [0, 0.1) is 0 Å². The largest absolute Gasteiger partial charge is 0.497 e. The van der Waals surface area contributed by atoms with Gasteiger partial charge in [-0.2, -0.15) is 0 Å². The third-order valence-corrected chi connectivity index (χ3v) is 3.68. The molecular weight excluding hydrogens is 326 g/mol. The Morgan fingerprint density at radius 2 is 1.96 bits per heavy atom. The predicted octanol–water partition coefficient (Wildman–Crippen LogP) is 1.46. The van der Waals surface area contributed by atoms with Crippen LogP contribution in [0.25, 0.3) is 11.8 Å². The van der Waals surface area contributed by atoms with E-state index in [4.69, 9.17) is 9.84 Å². The van der Waals surface area contributed by atoms with E-state index >= 15 is 0 Å². The second-order valence-electron chi connectivity index (χ2n) is 5.27. The van der Waals surface area contributed by atoms with Crippen LogP contribution in [0.5, 0.6) is 5.75 Å². The van der Waals surface area contributed by atoms with Crippen LogP contribution in [-0.4, -0.2) is 46.1 Å². The SMILES string of the molecule is COc1ccc(-n2cccc2C=C2NC(=O)N(CC(=O)O)C2=O)cc1. The predicted molar refractivity (Wildman–Crippen MR) is 88.2 cm³/mol. The van der Waals surface area contributed by atoms with Crippen molar-refractivity contribution < 1.29 is 24.2 Å². The number of hydrogen-bond acceptors (Lipinski definition) is 4. The zero-order valence-corrected chi connectivity index (χ0v) is 13.3. The number of aliphatic carboxylic acids is 1. The number of carboxylic acids is 1. The monoisotopic (exact) mass is 341 g/mol. The summed E-state index contributed by atoms with van der Waals surface area (Å²) in [5.74, 6) is -1.21. The molecule has 2 heterocycles. The minimum absolute atomic E-state index is 0.0275. The standard InChI is InChI=1S/C17H15N3O5/c1-25-13-6-4-11(5-7-13)19-8-2-3-12(19)9-14-16(23)20(10-15(21)22)17(24)18-14/h2-9H,10H2,1H3,(H,18,24)(H,21,22). The van der Waals surface area contributed by atoms with Gasteiger partial charge in [0.25, 0.3) is 5.91 Å². The summed E-state index contributed by atoms with van der Waals surface area (Å²) >= 11 is 0. The molecule has 8 nitrogen and oxygen atoms in total. The van der Waals surface area contributed by atoms with Gasteiger partial charge in [0.15, 0.2) is 0 Å². The first-order valence-corrected chi connectivity index (χ1v) is 7.37. The van der Waals surface area contributed by atoms with Gasteiger partial charge in [0.1, 0.15) is 18.0 Å². The molecule has 3 amide bonds. The number of carbonyl (C=O) groups excluding carboxylic acids is 2. The van der Waals surface area contributed by atoms with E-state index in [1.54, 1.807) is 19.2 Å². The van der Waals surface area contributed by atoms with Gasteiger partial charge >= 0.3 is 12.0 Å². The number of hydrogen-bond donors (Lipinski definition) is 2. The van der Waals surface area contributed by atoms with Crippen molar-refractivity contribution in [2.75, 3.05) is 13.7 Å². The molecule has 128 valence electrons. The molecule has 0 unspecified atom stereocenters. The Hall–Kier alpha value is -3.55. The third kappa shape index (κ3) is 3.23. The second-order valence-corrected chi connectivity index (χ2v) is 5.27. The number of nitrogens with zero attached hydrogens (tertiary/aromatic N) is 2. The number of ether oxygens (including phenoxy) is 1. The number of urea groups is 1. The van der Waals surface area contributed by atoms with Crippen molar-refractivity contribution in [3.8, 4) is 11.4 Å². The van der Waals surface area contributed by atoms with Gasteiger partial charge in [-0.05, 0) is 42.5 Å². The Kier molecular flexibility index (Phi) is 4.25. The molecule has 0 radical (unpaired) electrons. The van der Waals surface area contributed by atoms with Gasteiger partial charge in [-0.15, -0.1) is 0 Å². The molecule has 25 heavy (non-hydrogen) atoms. The Bertz CT molecular complexity index is 867. The summed E-state index contributed by atoms with van der Waals surface area (Å²) in [6.45, 7) is -0.679. The average molecular weight is 341 g/mol. The maximum atomic E-state index is 12.2. The number of carbonyl (C=O) groups is 3. The highest BCUT2D eigenvalue weighted by atomic mass is 16.5. The highest BCUT2D eigenvalue weighted by molar-refractivity contribution is 6.15. The van der Waals surface area contributed by atoms with E-state index in [1.807, 2.05) is 35.0 Å². The number of rotatable bonds is 5. The van der Waals surface area contributed by atoms with Gasteiger partial charge in [-0.25, -0.2) is 9.69 Å². The lowest BCUT2D eigenvalue weighted by molar-refractivity contribution is -0.140. The van der Waals surface area contributed by atoms with Gasteiger partial charge in [0.2, 0.25) is 0 Å². The van der Waals surface area contributed by atoms with Crippen LogP contribution in [0.4, 0.5) is 4.79 Å². The number of methoxy groups -OCH3 is 1. The van der Waals surface area contributed by atoms with Crippen molar-refractivity contribution in [3.05, 3.63) is 54.0 Å². The fourth-order valence-corrected chi connectivity index (χ4v) is 2.49. The summed E-state index contributed by atoms with van der Waals surface area (Å²) < 4.78 is 6.95. The van der Waals surface area contributed by atoms with Crippen molar-refractivity contribution in [2.24, 2.45) is 0 Å². The first-order valence-electron chi connectivity index (χ1n) is 7.37. The smallest absolute Gasteiger partial charge is 0.329 e. The van der Waals surface area contributed by atoms with E-state index in [2.05, 4.69) is 5.32 Å². The van der Waals surface area contributed by atoms with Crippen LogP contribution in [-0.2, 0) is 9.59 Å². The van der Waals surface area contributed by atoms with E-state index in [9.17, 15) is 14.4 Å². The summed E-state index contributed by atoms with van der Waals surface area (Å²) in [6, 6.07) is 10.1. The Morgan fingerprint density at radius 3 is 2.60 bits per heavy atom. The number of carboxylic acid groups (broad SMARTS) is 1. The quantitative estimate of drug-likeness (QED) is 0.633. The summed E-state index contributed by atoms with van der Waals surface area (Å²) in [7, 11) is 1.58. The van der Waals surface area contributed by atoms with Crippen LogP contribution in [0.1, 0.15) is 5.69 Å². The van der Waals surface area contributed by atoms with Gasteiger partial charge in [-0.3, -0.25) is 9.59 Å². The Morgan fingerprint density at radius 1 is 1.24 bits per heavy atom. The van der Waals surface area contributed by atoms with Crippen molar-refractivity contribution in [1.82, 2.24) is 14.8 Å². The first-order chi connectivity index (χ1) is 12.0. The second kappa shape index (κ2) is 6.52. The summed E-state index contributed by atoms with van der Waals surface area (Å²) in [5.41, 5.74) is 1.53. The number of amides is 3. The van der Waals surface area contributed by atoms with E-state index in [0.717, 1.165) is 11.4 Å². The van der Waals surface area contributed by atoms with E-state index < -0.39 is 24.5 Å². The van der Waals surface area contributed by atoms with Gasteiger partial charge in [0, 0.05) is 17.6 Å². The van der Waals surface area contributed by atoms with Crippen molar-refractivity contribution >= 4 is 24.0 Å². The maximum absolute atomic E-state index is 12.2. The summed E-state index contributed by atoms with van der Waals surface area (Å²) in [4.78, 5) is 35.3. The lowest BCUT2D eigenvalue weighted by atomic mass is 10.2. The van der Waals surface area contributed by atoms with Gasteiger partial charge in [0.05, 0.1) is 7.11 Å². The average Bonchev–Trinajstić information content (AvgIpc) is 3.15. The molecule has 0 saturated carbocycles. The molecular formula is C17H15N3O5. The lowest BCUT2D eigenvalue weighted by Crippen LogP contribution is -2.35. The van der Waals surface area contributed by atoms with Crippen LogP contribution in [0.15, 0.2) is 48.3 Å². The molecule has 0 aliphatic carbocycles. The van der Waals surface area contributed by atoms with Gasteiger partial charge in [-0.1, -0.05) is 0 Å². The van der Waals surface area contributed by atoms with Crippen LogP contribution in [0.3, 0.4) is 0 Å². The summed E-state index contributed by atoms with van der Waals surface area (Å²) in [6.07, 6.45) is 3.32. The van der Waals surface area contributed by atoms with Crippen molar-refractivity contribution in [3.63, 3.8) is 0 Å². The van der Waals surface area contributed by atoms with Crippen molar-refractivity contribution in [2.45, 2.75) is 0 Å². The van der Waals surface area contributed by atoms with Gasteiger partial charge < -0.3 is 19.7 Å². The molecule has 1 aliphatic rings. The minimum atomic E-state index is -1.26. The highest BCUT2D eigenvalue weighted by Gasteiger charge is 2.35. The number of imide groups is 1. The number of nitrogens with one attached hydrogen (secondary N) is 1. The molecule has 0 atom stereocenters. The van der Waals surface area contributed by atoms with E-state index in [0.29, 0.717) is 10.6 Å². The van der Waals surface area contributed by atoms with Crippen LogP contribution < -0.4 is 10.1 Å². The Balaban J connectivity index is 1.90. The Labute approximate surface area is 142 Å².